The van der Waals surface area contributed by atoms with Crippen molar-refractivity contribution in [1.82, 2.24) is 25.7 Å². The van der Waals surface area contributed by atoms with Crippen LogP contribution in [0, 0.1) is 5.92 Å². The average molecular weight is 556 g/mol. The first-order valence-corrected chi connectivity index (χ1v) is 14.4. The van der Waals surface area contributed by atoms with Crippen LogP contribution in [0.15, 0.2) is 70.1 Å². The second-order valence-corrected chi connectivity index (χ2v) is 11.8. The molecule has 0 aliphatic heterocycles. The maximum atomic E-state index is 12.4. The number of hydrogen-bond acceptors (Lipinski definition) is 9. The fourth-order valence-corrected chi connectivity index (χ4v) is 6.18. The largest absolute Gasteiger partial charge is 0.426 e. The van der Waals surface area contributed by atoms with Crippen molar-refractivity contribution in [2.45, 2.75) is 48.4 Å². The molecule has 0 radical (unpaired) electrons. The van der Waals surface area contributed by atoms with E-state index in [0.29, 0.717) is 12.0 Å². The molecule has 1 saturated carbocycles. The lowest BCUT2D eigenvalue weighted by Gasteiger charge is -2.37. The van der Waals surface area contributed by atoms with Crippen LogP contribution in [0.4, 0.5) is 4.79 Å². The van der Waals surface area contributed by atoms with Crippen LogP contribution in [-0.4, -0.2) is 62.1 Å². The highest BCUT2D eigenvalue weighted by Crippen LogP contribution is 2.37. The Morgan fingerprint density at radius 3 is 2.31 bits per heavy atom. The third-order valence-electron chi connectivity index (χ3n) is 6.73. The van der Waals surface area contributed by atoms with Crippen LogP contribution >= 0.6 is 0 Å². The topological polar surface area (TPSA) is 144 Å². The minimum Gasteiger partial charge on any atom is -0.359 e. The molecule has 208 valence electrons. The number of carbonyl (C=O) groups excluding carboxylic acids is 2. The Kier molecular flexibility index (Phi) is 9.31. The number of ether oxygens (including phenoxy) is 1. The van der Waals surface area contributed by atoms with Crippen molar-refractivity contribution in [3.05, 3.63) is 72.1 Å². The molecule has 0 saturated heterocycles. The van der Waals surface area contributed by atoms with Crippen molar-refractivity contribution in [3.63, 3.8) is 0 Å². The molecule has 3 aromatic rings. The first-order valence-electron chi connectivity index (χ1n) is 12.8. The van der Waals surface area contributed by atoms with Gasteiger partial charge >= 0.3 is 12.2 Å². The second kappa shape index (κ2) is 12.9. The summed E-state index contributed by atoms with van der Waals surface area (Å²) in [5.41, 5.74) is 1.30. The van der Waals surface area contributed by atoms with Crippen molar-refractivity contribution in [1.29, 1.82) is 0 Å². The van der Waals surface area contributed by atoms with E-state index in [0.717, 1.165) is 25.7 Å². The van der Waals surface area contributed by atoms with Gasteiger partial charge in [0.05, 0.1) is 4.90 Å². The number of amides is 2. The first-order chi connectivity index (χ1) is 18.7. The van der Waals surface area contributed by atoms with Gasteiger partial charge in [-0.05, 0) is 63.4 Å². The van der Waals surface area contributed by atoms with Gasteiger partial charge in [-0.2, -0.15) is 4.98 Å². The third kappa shape index (κ3) is 7.87. The van der Waals surface area contributed by atoms with E-state index in [1.54, 1.807) is 18.2 Å². The zero-order valence-electron chi connectivity index (χ0n) is 21.9. The molecule has 1 atom stereocenters. The van der Waals surface area contributed by atoms with Gasteiger partial charge < -0.3 is 20.3 Å². The molecule has 1 aromatic heterocycles. The van der Waals surface area contributed by atoms with E-state index in [1.807, 2.05) is 6.07 Å². The van der Waals surface area contributed by atoms with Gasteiger partial charge in [0.25, 0.3) is 0 Å². The summed E-state index contributed by atoms with van der Waals surface area (Å²) in [4.78, 5) is 30.6. The first kappa shape index (κ1) is 28.2. The number of benzene rings is 2. The van der Waals surface area contributed by atoms with Gasteiger partial charge in [0.15, 0.2) is 15.7 Å². The summed E-state index contributed by atoms with van der Waals surface area (Å²) in [6, 6.07) is 18.7. The summed E-state index contributed by atoms with van der Waals surface area (Å²) in [7, 11) is 0.503. The fraction of sp³-hybridized carbons (Fsp3) is 0.407. The molecular formula is C27H33N5O6S. The highest BCUT2D eigenvalue weighted by molar-refractivity contribution is 7.90. The molecule has 2 N–H and O–H groups in total. The highest BCUT2D eigenvalue weighted by atomic mass is 32.2. The van der Waals surface area contributed by atoms with Gasteiger partial charge in [-0.1, -0.05) is 53.7 Å². The van der Waals surface area contributed by atoms with Crippen molar-refractivity contribution in [3.8, 4) is 6.08 Å². The minimum absolute atomic E-state index is 0.0372. The van der Waals surface area contributed by atoms with E-state index in [2.05, 4.69) is 64.0 Å². The monoisotopic (exact) mass is 555 g/mol. The fourth-order valence-electron chi connectivity index (χ4n) is 4.99. The highest BCUT2D eigenvalue weighted by Gasteiger charge is 2.30. The lowest BCUT2D eigenvalue weighted by Crippen LogP contribution is -2.44. The molecule has 2 amide bonds. The normalized spacial score (nSPS) is 18.3. The number of rotatable bonds is 10. The van der Waals surface area contributed by atoms with Gasteiger partial charge in [0.1, 0.15) is 12.3 Å². The maximum Gasteiger partial charge on any atom is 0.426 e. The molecule has 1 fully saturated rings. The van der Waals surface area contributed by atoms with E-state index in [9.17, 15) is 18.0 Å². The van der Waals surface area contributed by atoms with E-state index in [-0.39, 0.29) is 29.2 Å². The van der Waals surface area contributed by atoms with E-state index >= 15 is 0 Å². The lowest BCUT2D eigenvalue weighted by molar-refractivity contribution is -0.121. The Labute approximate surface area is 227 Å². The zero-order valence-corrected chi connectivity index (χ0v) is 22.8. The SMILES string of the molecule is CN(C)C(c1ccccc1)C1CCC(NC(=O)CNC(=O)Oc2nc(CS(=O)(=O)c3ccccc3)no2)CC1. The molecule has 0 bridgehead atoms. The summed E-state index contributed by atoms with van der Waals surface area (Å²) >= 11 is 0. The van der Waals surface area contributed by atoms with E-state index < -0.39 is 27.8 Å². The quantitative estimate of drug-likeness (QED) is 0.386. The number of aromatic nitrogens is 2. The van der Waals surface area contributed by atoms with Crippen LogP contribution in [0.3, 0.4) is 0 Å². The van der Waals surface area contributed by atoms with Crippen molar-refractivity contribution >= 4 is 21.8 Å². The van der Waals surface area contributed by atoms with Gasteiger partial charge in [-0.15, -0.1) is 0 Å². The van der Waals surface area contributed by atoms with Crippen LogP contribution in [0.2, 0.25) is 0 Å². The van der Waals surface area contributed by atoms with Crippen molar-refractivity contribution in [2.24, 2.45) is 5.92 Å². The molecule has 39 heavy (non-hydrogen) atoms. The molecule has 11 nitrogen and oxygen atoms in total. The molecule has 2 aromatic carbocycles. The lowest BCUT2D eigenvalue weighted by atomic mass is 9.78. The minimum atomic E-state index is -3.69. The van der Waals surface area contributed by atoms with E-state index in [4.69, 9.17) is 9.26 Å². The summed E-state index contributed by atoms with van der Waals surface area (Å²) < 4.78 is 34.6. The predicted molar refractivity (Wildman–Crippen MR) is 142 cm³/mol. The van der Waals surface area contributed by atoms with Gasteiger partial charge in [0.2, 0.25) is 5.91 Å². The summed E-state index contributed by atoms with van der Waals surface area (Å²) in [5.74, 6) is -0.510. The summed E-state index contributed by atoms with van der Waals surface area (Å²) in [5, 5.41) is 8.86. The van der Waals surface area contributed by atoms with Crippen LogP contribution in [0.1, 0.15) is 43.1 Å². The molecule has 0 spiro atoms. The summed E-state index contributed by atoms with van der Waals surface area (Å²) in [6.07, 6.45) is 2.20. The van der Waals surface area contributed by atoms with Crippen molar-refractivity contribution in [2.75, 3.05) is 20.6 Å². The Balaban J connectivity index is 1.19. The number of carbonyl (C=O) groups is 2. The maximum absolute atomic E-state index is 12.4. The predicted octanol–water partition coefficient (Wildman–Crippen LogP) is 3.11. The molecule has 12 heteroatoms. The van der Waals surface area contributed by atoms with Crippen molar-refractivity contribution < 1.29 is 27.3 Å². The Hall–Kier alpha value is -3.77. The third-order valence-corrected chi connectivity index (χ3v) is 8.35. The smallest absolute Gasteiger partial charge is 0.359 e. The van der Waals surface area contributed by atoms with Crippen LogP contribution in [0.25, 0.3) is 0 Å². The van der Waals surface area contributed by atoms with Crippen LogP contribution < -0.4 is 15.4 Å². The van der Waals surface area contributed by atoms with E-state index in [1.165, 1.54) is 17.7 Å². The van der Waals surface area contributed by atoms with Gasteiger partial charge in [0, 0.05) is 12.1 Å². The standard InChI is InChI=1S/C27H33N5O6S/c1-32(2)25(19-9-5-3-6-10-19)20-13-15-21(16-14-20)29-24(33)17-28-26(34)37-27-30-23(31-38-27)18-39(35,36)22-11-7-4-8-12-22/h3-12,20-21,25H,13-18H2,1-2H3,(H,28,34)(H,29,33). The molecule has 1 heterocycles. The molecule has 1 unspecified atom stereocenters. The molecule has 1 aliphatic rings. The van der Waals surface area contributed by atoms with Gasteiger partial charge in [-0.25, -0.2) is 13.2 Å². The van der Waals surface area contributed by atoms with Gasteiger partial charge in [-0.3, -0.25) is 9.32 Å². The molecule has 4 rings (SSSR count). The molecule has 1 aliphatic carbocycles. The zero-order chi connectivity index (χ0) is 27.8. The number of nitrogens with one attached hydrogen (secondary N) is 2. The Morgan fingerprint density at radius 1 is 1.03 bits per heavy atom. The number of sulfone groups is 1. The number of hydrogen-bond donors (Lipinski definition) is 2. The average Bonchev–Trinajstić information content (AvgIpc) is 3.35. The van der Waals surface area contributed by atoms with Crippen LogP contribution in [-0.2, 0) is 20.4 Å². The second-order valence-electron chi connectivity index (χ2n) is 9.79. The Bertz CT molecular complexity index is 1340. The summed E-state index contributed by atoms with van der Waals surface area (Å²) in [6.45, 7) is -0.285. The molecular weight excluding hydrogens is 522 g/mol. The van der Waals surface area contributed by atoms with Crippen LogP contribution in [0.5, 0.6) is 6.08 Å². The number of nitrogens with zero attached hydrogens (tertiary/aromatic N) is 3. The Morgan fingerprint density at radius 2 is 1.67 bits per heavy atom.